The molecule has 1 aromatic carbocycles. The number of pyridine rings is 1. The van der Waals surface area contributed by atoms with Gasteiger partial charge in [-0.2, -0.15) is 0 Å². The molecule has 0 unspecified atom stereocenters. The molecule has 5 nitrogen and oxygen atoms in total. The highest BCUT2D eigenvalue weighted by Crippen LogP contribution is 2.18. The number of nitrogens with one attached hydrogen (secondary N) is 1. The van der Waals surface area contributed by atoms with Crippen LogP contribution < -0.4 is 15.8 Å². The fraction of sp³-hybridized carbons (Fsp3) is 0.0588. The van der Waals surface area contributed by atoms with E-state index >= 15 is 0 Å². The summed E-state index contributed by atoms with van der Waals surface area (Å²) >= 11 is 5.87. The molecule has 0 bridgehead atoms. The number of nitrogens with two attached hydrogens (primary N) is 1. The number of anilines is 1. The van der Waals surface area contributed by atoms with E-state index in [1.54, 1.807) is 37.5 Å². The van der Waals surface area contributed by atoms with Crippen LogP contribution in [0.25, 0.3) is 5.70 Å². The second kappa shape index (κ2) is 8.00. The zero-order chi connectivity index (χ0) is 16.7. The molecule has 0 aliphatic rings. The summed E-state index contributed by atoms with van der Waals surface area (Å²) in [4.78, 5) is 8.76. The van der Waals surface area contributed by atoms with Gasteiger partial charge in [-0.15, -0.1) is 0 Å². The van der Waals surface area contributed by atoms with Gasteiger partial charge in [0.05, 0.1) is 12.8 Å². The Balaban J connectivity index is 2.26. The quantitative estimate of drug-likeness (QED) is 0.648. The summed E-state index contributed by atoms with van der Waals surface area (Å²) in [7, 11) is 1.55. The lowest BCUT2D eigenvalue weighted by atomic mass is 10.3. The molecule has 0 saturated heterocycles. The molecule has 0 fully saturated rings. The van der Waals surface area contributed by atoms with Crippen LogP contribution in [0.2, 0.25) is 5.02 Å². The molecule has 0 spiro atoms. The minimum atomic E-state index is 0.489. The predicted molar refractivity (Wildman–Crippen MR) is 95.7 cm³/mol. The number of benzene rings is 1. The third kappa shape index (κ3) is 4.59. The third-order valence-electron chi connectivity index (χ3n) is 2.90. The van der Waals surface area contributed by atoms with Crippen LogP contribution in [0.4, 0.5) is 5.69 Å². The van der Waals surface area contributed by atoms with Gasteiger partial charge in [-0.3, -0.25) is 0 Å². The van der Waals surface area contributed by atoms with E-state index in [0.29, 0.717) is 28.1 Å². The molecule has 2 rings (SSSR count). The minimum absolute atomic E-state index is 0.489. The lowest BCUT2D eigenvalue weighted by Gasteiger charge is -2.08. The lowest BCUT2D eigenvalue weighted by molar-refractivity contribution is 0.397. The van der Waals surface area contributed by atoms with E-state index < -0.39 is 0 Å². The van der Waals surface area contributed by atoms with E-state index in [-0.39, 0.29) is 0 Å². The van der Waals surface area contributed by atoms with Crippen LogP contribution in [0.3, 0.4) is 0 Å². The Morgan fingerprint density at radius 1 is 1.30 bits per heavy atom. The molecule has 23 heavy (non-hydrogen) atoms. The fourth-order valence-electron chi connectivity index (χ4n) is 1.79. The first-order chi connectivity index (χ1) is 11.2. The van der Waals surface area contributed by atoms with Crippen molar-refractivity contribution < 1.29 is 4.74 Å². The Labute approximate surface area is 140 Å². The number of halogens is 1. The van der Waals surface area contributed by atoms with Gasteiger partial charge in [-0.1, -0.05) is 24.2 Å². The zero-order valence-corrected chi connectivity index (χ0v) is 13.4. The highest BCUT2D eigenvalue weighted by atomic mass is 35.5. The molecule has 3 N–H and O–H groups in total. The van der Waals surface area contributed by atoms with E-state index in [9.17, 15) is 0 Å². The Morgan fingerprint density at radius 2 is 2.04 bits per heavy atom. The van der Waals surface area contributed by atoms with Crippen LogP contribution in [0, 0.1) is 0 Å². The van der Waals surface area contributed by atoms with Crippen molar-refractivity contribution in [2.24, 2.45) is 10.7 Å². The normalized spacial score (nSPS) is 11.9. The topological polar surface area (TPSA) is 72.5 Å². The molecular weight excluding hydrogens is 312 g/mol. The van der Waals surface area contributed by atoms with Crippen LogP contribution in [0.1, 0.15) is 5.69 Å². The van der Waals surface area contributed by atoms with Crippen molar-refractivity contribution in [2.75, 3.05) is 12.4 Å². The summed E-state index contributed by atoms with van der Waals surface area (Å²) < 4.78 is 5.11. The zero-order valence-electron chi connectivity index (χ0n) is 12.7. The van der Waals surface area contributed by atoms with Gasteiger partial charge in [-0.05, 0) is 36.4 Å². The first kappa shape index (κ1) is 16.6. The average molecular weight is 329 g/mol. The number of rotatable bonds is 5. The van der Waals surface area contributed by atoms with Crippen molar-refractivity contribution in [3.63, 3.8) is 0 Å². The predicted octanol–water partition coefficient (Wildman–Crippen LogP) is 3.70. The lowest BCUT2D eigenvalue weighted by Crippen LogP contribution is -2.09. The smallest absolute Gasteiger partial charge is 0.213 e. The Hall–Kier alpha value is -2.79. The summed E-state index contributed by atoms with van der Waals surface area (Å²) in [5.74, 6) is 1.02. The summed E-state index contributed by atoms with van der Waals surface area (Å²) in [6, 6.07) is 12.6. The summed E-state index contributed by atoms with van der Waals surface area (Å²) in [6.45, 7) is 3.76. The van der Waals surface area contributed by atoms with Crippen LogP contribution >= 0.6 is 11.6 Å². The highest BCUT2D eigenvalue weighted by molar-refractivity contribution is 6.30. The minimum Gasteiger partial charge on any atom is -0.481 e. The van der Waals surface area contributed by atoms with Crippen molar-refractivity contribution >= 4 is 28.8 Å². The molecule has 2 aromatic rings. The van der Waals surface area contributed by atoms with Gasteiger partial charge in [0.2, 0.25) is 5.88 Å². The molecule has 0 aliphatic carbocycles. The summed E-state index contributed by atoms with van der Waals surface area (Å²) in [5.41, 5.74) is 7.62. The van der Waals surface area contributed by atoms with Gasteiger partial charge in [0.25, 0.3) is 0 Å². The maximum Gasteiger partial charge on any atom is 0.213 e. The Bertz CT molecular complexity index is 739. The summed E-state index contributed by atoms with van der Waals surface area (Å²) in [6.07, 6.45) is 2.98. The Morgan fingerprint density at radius 3 is 2.65 bits per heavy atom. The number of nitrogens with zero attached hydrogens (tertiary/aromatic N) is 2. The highest BCUT2D eigenvalue weighted by Gasteiger charge is 2.05. The number of ether oxygens (including phenoxy) is 1. The van der Waals surface area contributed by atoms with Crippen molar-refractivity contribution in [3.05, 3.63) is 72.0 Å². The maximum atomic E-state index is 5.87. The molecule has 6 heteroatoms. The largest absolute Gasteiger partial charge is 0.481 e. The maximum absolute atomic E-state index is 5.87. The molecule has 0 radical (unpaired) electrons. The molecule has 0 atom stereocenters. The standard InChI is InChI=1S/C17H17ClN4O/c1-3-16(20-13-9-7-12(18)8-10-13)21-15(11-19)14-5-4-6-17(22-14)23-2/h3-11H,1,19H2,2H3,(H,20,21)/b15-11-. The summed E-state index contributed by atoms with van der Waals surface area (Å²) in [5, 5.41) is 3.80. The Kier molecular flexibility index (Phi) is 5.77. The van der Waals surface area contributed by atoms with Crippen molar-refractivity contribution in [1.82, 2.24) is 4.98 Å². The van der Waals surface area contributed by atoms with E-state index in [2.05, 4.69) is 21.9 Å². The van der Waals surface area contributed by atoms with E-state index in [1.165, 1.54) is 6.20 Å². The second-order valence-electron chi connectivity index (χ2n) is 4.45. The number of hydrogen-bond acceptors (Lipinski definition) is 4. The van der Waals surface area contributed by atoms with Crippen LogP contribution in [0.5, 0.6) is 5.88 Å². The molecule has 0 amide bonds. The van der Waals surface area contributed by atoms with Gasteiger partial charge >= 0.3 is 0 Å². The van der Waals surface area contributed by atoms with E-state index in [1.807, 2.05) is 18.2 Å². The first-order valence-electron chi connectivity index (χ1n) is 6.83. The third-order valence-corrected chi connectivity index (χ3v) is 3.16. The number of amidine groups is 1. The number of hydrogen-bond donors (Lipinski definition) is 2. The van der Waals surface area contributed by atoms with Gasteiger partial charge in [0, 0.05) is 23.0 Å². The molecule has 0 aliphatic heterocycles. The van der Waals surface area contributed by atoms with Crippen molar-refractivity contribution in [1.29, 1.82) is 0 Å². The second-order valence-corrected chi connectivity index (χ2v) is 4.89. The molecular formula is C17H17ClN4O. The first-order valence-corrected chi connectivity index (χ1v) is 7.21. The molecule has 1 heterocycles. The SMILES string of the molecule is C=CC(=N/C(=C\N)c1cccc(OC)n1)Nc1ccc(Cl)cc1. The van der Waals surface area contributed by atoms with Gasteiger partial charge in [0.15, 0.2) is 0 Å². The van der Waals surface area contributed by atoms with Gasteiger partial charge in [-0.25, -0.2) is 9.98 Å². The van der Waals surface area contributed by atoms with Gasteiger partial charge in [0.1, 0.15) is 11.5 Å². The van der Waals surface area contributed by atoms with Crippen molar-refractivity contribution in [2.45, 2.75) is 0 Å². The molecule has 118 valence electrons. The van der Waals surface area contributed by atoms with Crippen LogP contribution in [0.15, 0.2) is 66.3 Å². The van der Waals surface area contributed by atoms with Crippen LogP contribution in [-0.2, 0) is 0 Å². The average Bonchev–Trinajstić information content (AvgIpc) is 2.60. The van der Waals surface area contributed by atoms with Crippen LogP contribution in [-0.4, -0.2) is 17.9 Å². The molecule has 0 saturated carbocycles. The van der Waals surface area contributed by atoms with Gasteiger partial charge < -0.3 is 15.8 Å². The number of aliphatic imine (C=N–C) groups is 1. The molecule has 1 aromatic heterocycles. The van der Waals surface area contributed by atoms with Crippen molar-refractivity contribution in [3.8, 4) is 5.88 Å². The fourth-order valence-corrected chi connectivity index (χ4v) is 1.91. The van der Waals surface area contributed by atoms with E-state index in [4.69, 9.17) is 22.1 Å². The number of methoxy groups -OCH3 is 1. The monoisotopic (exact) mass is 328 g/mol. The number of aromatic nitrogens is 1. The van der Waals surface area contributed by atoms with E-state index in [0.717, 1.165) is 5.69 Å².